The van der Waals surface area contributed by atoms with E-state index >= 15 is 0 Å². The number of anilines is 1. The summed E-state index contributed by atoms with van der Waals surface area (Å²) in [6, 6.07) is 5.98. The Morgan fingerprint density at radius 1 is 1.33 bits per heavy atom. The molecule has 6 heteroatoms. The fourth-order valence-electron chi connectivity index (χ4n) is 1.62. The highest BCUT2D eigenvalue weighted by atomic mass is 35.5. The lowest BCUT2D eigenvalue weighted by molar-refractivity contribution is 0.249. The summed E-state index contributed by atoms with van der Waals surface area (Å²) in [5, 5.41) is 15.0. The van der Waals surface area contributed by atoms with Crippen molar-refractivity contribution >= 4 is 34.9 Å². The lowest BCUT2D eigenvalue weighted by atomic mass is 10.2. The minimum Gasteiger partial charge on any atom is -0.322 e. The van der Waals surface area contributed by atoms with Crippen molar-refractivity contribution in [2.75, 3.05) is 5.32 Å². The highest BCUT2D eigenvalue weighted by Crippen LogP contribution is 2.32. The van der Waals surface area contributed by atoms with Crippen LogP contribution in [0.15, 0.2) is 18.2 Å². The monoisotopic (exact) mass is 283 g/mol. The first-order valence-corrected chi connectivity index (χ1v) is 6.27. The van der Waals surface area contributed by atoms with Crippen molar-refractivity contribution < 1.29 is 4.79 Å². The number of carbonyl (C=O) groups excluding carboxylic acids is 1. The predicted octanol–water partition coefficient (Wildman–Crippen LogP) is 3.42. The molecule has 0 spiro atoms. The minimum atomic E-state index is -0.431. The van der Waals surface area contributed by atoms with E-state index in [4.69, 9.17) is 28.5 Å². The first-order valence-electron chi connectivity index (χ1n) is 5.51. The quantitative estimate of drug-likeness (QED) is 0.893. The zero-order valence-electron chi connectivity index (χ0n) is 9.41. The number of carbonyl (C=O) groups is 1. The number of nitriles is 1. The zero-order valence-corrected chi connectivity index (χ0v) is 10.9. The Morgan fingerprint density at radius 3 is 2.44 bits per heavy atom. The van der Waals surface area contributed by atoms with Crippen LogP contribution in [0, 0.1) is 17.2 Å². The topological polar surface area (TPSA) is 64.9 Å². The summed E-state index contributed by atoms with van der Waals surface area (Å²) in [4.78, 5) is 11.7. The Labute approximate surface area is 115 Å². The molecule has 0 saturated heterocycles. The van der Waals surface area contributed by atoms with Gasteiger partial charge in [0.2, 0.25) is 0 Å². The van der Waals surface area contributed by atoms with E-state index in [1.54, 1.807) is 18.2 Å². The van der Waals surface area contributed by atoms with Crippen LogP contribution in [-0.2, 0) is 0 Å². The third-order valence-electron chi connectivity index (χ3n) is 2.64. The molecule has 0 aliphatic heterocycles. The maximum absolute atomic E-state index is 11.7. The van der Waals surface area contributed by atoms with E-state index in [0.29, 0.717) is 15.7 Å². The number of nitrogens with one attached hydrogen (secondary N) is 2. The molecule has 94 valence electrons. The summed E-state index contributed by atoms with van der Waals surface area (Å²) in [6.07, 6.45) is 1.98. The second-order valence-corrected chi connectivity index (χ2v) is 5.07. The Balaban J connectivity index is 1.96. The number of nitrogens with zero attached hydrogens (tertiary/aromatic N) is 1. The van der Waals surface area contributed by atoms with Gasteiger partial charge in [-0.05, 0) is 37.0 Å². The summed E-state index contributed by atoms with van der Waals surface area (Å²) >= 11 is 11.6. The van der Waals surface area contributed by atoms with E-state index in [-0.39, 0.29) is 5.92 Å². The van der Waals surface area contributed by atoms with Crippen LogP contribution < -0.4 is 10.6 Å². The second-order valence-electron chi connectivity index (χ2n) is 4.20. The van der Waals surface area contributed by atoms with Crippen molar-refractivity contribution in [3.05, 3.63) is 28.2 Å². The standard InChI is InChI=1S/C12H11Cl2N3O/c13-8-3-9(14)5-10(4-8)16-12(18)17-11(6-15)7-1-2-7/h3-5,7,11H,1-2H2,(H2,16,17,18). The smallest absolute Gasteiger partial charge is 0.320 e. The molecule has 4 nitrogen and oxygen atoms in total. The molecular formula is C12H11Cl2N3O. The van der Waals surface area contributed by atoms with Gasteiger partial charge in [0, 0.05) is 15.7 Å². The van der Waals surface area contributed by atoms with Gasteiger partial charge in [-0.25, -0.2) is 4.79 Å². The number of hydrogen-bond acceptors (Lipinski definition) is 2. The Morgan fingerprint density at radius 2 is 1.94 bits per heavy atom. The number of urea groups is 1. The van der Waals surface area contributed by atoms with E-state index in [1.807, 2.05) is 0 Å². The van der Waals surface area contributed by atoms with E-state index in [9.17, 15) is 4.79 Å². The number of halogens is 2. The number of hydrogen-bond donors (Lipinski definition) is 2. The SMILES string of the molecule is N#CC(NC(=O)Nc1cc(Cl)cc(Cl)c1)C1CC1. The highest BCUT2D eigenvalue weighted by molar-refractivity contribution is 6.35. The van der Waals surface area contributed by atoms with Gasteiger partial charge >= 0.3 is 6.03 Å². The largest absolute Gasteiger partial charge is 0.322 e. The van der Waals surface area contributed by atoms with Gasteiger partial charge in [-0.15, -0.1) is 0 Å². The zero-order chi connectivity index (χ0) is 13.1. The molecule has 18 heavy (non-hydrogen) atoms. The molecule has 0 radical (unpaired) electrons. The average molecular weight is 284 g/mol. The fourth-order valence-corrected chi connectivity index (χ4v) is 2.15. The van der Waals surface area contributed by atoms with Crippen LogP contribution in [0.4, 0.5) is 10.5 Å². The molecule has 1 aromatic rings. The molecule has 2 amide bonds. The van der Waals surface area contributed by atoms with E-state index in [0.717, 1.165) is 12.8 Å². The Kier molecular flexibility index (Phi) is 3.95. The molecule has 1 unspecified atom stereocenters. The molecule has 0 bridgehead atoms. The summed E-state index contributed by atoms with van der Waals surface area (Å²) < 4.78 is 0. The fraction of sp³-hybridized carbons (Fsp3) is 0.333. The molecule has 1 aliphatic rings. The Hall–Kier alpha value is -1.44. The second kappa shape index (κ2) is 5.47. The molecule has 1 fully saturated rings. The lowest BCUT2D eigenvalue weighted by Crippen LogP contribution is -2.38. The molecular weight excluding hydrogens is 273 g/mol. The molecule has 1 aromatic carbocycles. The Bertz CT molecular complexity index is 488. The van der Waals surface area contributed by atoms with Crippen molar-refractivity contribution in [2.24, 2.45) is 5.92 Å². The van der Waals surface area contributed by atoms with E-state index in [1.165, 1.54) is 0 Å². The first kappa shape index (κ1) is 13.0. The number of rotatable bonds is 3. The van der Waals surface area contributed by atoms with Gasteiger partial charge in [0.1, 0.15) is 6.04 Å². The van der Waals surface area contributed by atoms with Gasteiger partial charge in [-0.2, -0.15) is 5.26 Å². The summed E-state index contributed by atoms with van der Waals surface area (Å²) in [7, 11) is 0. The van der Waals surface area contributed by atoms with Gasteiger partial charge in [0.05, 0.1) is 6.07 Å². The first-order chi connectivity index (χ1) is 8.58. The summed E-state index contributed by atoms with van der Waals surface area (Å²) in [5.74, 6) is 0.281. The average Bonchev–Trinajstić information content (AvgIpc) is 3.08. The molecule has 1 aliphatic carbocycles. The van der Waals surface area contributed by atoms with Gasteiger partial charge in [0.25, 0.3) is 0 Å². The van der Waals surface area contributed by atoms with Crippen molar-refractivity contribution in [2.45, 2.75) is 18.9 Å². The number of amides is 2. The minimum absolute atomic E-state index is 0.281. The molecule has 0 aromatic heterocycles. The van der Waals surface area contributed by atoms with E-state index in [2.05, 4.69) is 16.7 Å². The van der Waals surface area contributed by atoms with Gasteiger partial charge in [0.15, 0.2) is 0 Å². The molecule has 1 saturated carbocycles. The third kappa shape index (κ3) is 3.52. The van der Waals surface area contributed by atoms with Crippen molar-refractivity contribution in [3.63, 3.8) is 0 Å². The normalized spacial score (nSPS) is 15.6. The van der Waals surface area contributed by atoms with Crippen LogP contribution in [0.5, 0.6) is 0 Å². The lowest BCUT2D eigenvalue weighted by Gasteiger charge is -2.12. The summed E-state index contributed by atoms with van der Waals surface area (Å²) in [5.41, 5.74) is 0.498. The van der Waals surface area contributed by atoms with Gasteiger partial charge < -0.3 is 10.6 Å². The predicted molar refractivity (Wildman–Crippen MR) is 70.7 cm³/mol. The van der Waals surface area contributed by atoms with Crippen LogP contribution >= 0.6 is 23.2 Å². The molecule has 0 heterocycles. The van der Waals surface area contributed by atoms with Crippen LogP contribution in [0.2, 0.25) is 10.0 Å². The number of benzene rings is 1. The summed E-state index contributed by atoms with van der Waals surface area (Å²) in [6.45, 7) is 0. The van der Waals surface area contributed by atoms with Gasteiger partial charge in [-0.1, -0.05) is 23.2 Å². The van der Waals surface area contributed by atoms with Crippen LogP contribution in [0.25, 0.3) is 0 Å². The molecule has 2 N–H and O–H groups in total. The van der Waals surface area contributed by atoms with Crippen molar-refractivity contribution in [3.8, 4) is 6.07 Å². The van der Waals surface area contributed by atoms with Crippen molar-refractivity contribution in [1.82, 2.24) is 5.32 Å². The highest BCUT2D eigenvalue weighted by Gasteiger charge is 2.32. The van der Waals surface area contributed by atoms with Crippen LogP contribution in [0.1, 0.15) is 12.8 Å². The third-order valence-corrected chi connectivity index (χ3v) is 3.08. The molecule has 2 rings (SSSR count). The van der Waals surface area contributed by atoms with E-state index < -0.39 is 12.1 Å². The van der Waals surface area contributed by atoms with Crippen molar-refractivity contribution in [1.29, 1.82) is 5.26 Å². The van der Waals surface area contributed by atoms with Crippen LogP contribution in [-0.4, -0.2) is 12.1 Å². The maximum atomic E-state index is 11.7. The van der Waals surface area contributed by atoms with Crippen LogP contribution in [0.3, 0.4) is 0 Å². The molecule has 1 atom stereocenters. The van der Waals surface area contributed by atoms with Gasteiger partial charge in [-0.3, -0.25) is 0 Å². The maximum Gasteiger partial charge on any atom is 0.320 e.